The molecule has 1 heterocycles. The summed E-state index contributed by atoms with van der Waals surface area (Å²) in [5.74, 6) is 0.110. The Balaban J connectivity index is 1.99. The summed E-state index contributed by atoms with van der Waals surface area (Å²) in [5.41, 5.74) is 3.58. The van der Waals surface area contributed by atoms with Gasteiger partial charge in [-0.25, -0.2) is 4.39 Å². The molecule has 1 aliphatic carbocycles. The average molecular weight is 335 g/mol. The third kappa shape index (κ3) is 2.38. The van der Waals surface area contributed by atoms with Crippen LogP contribution in [0.1, 0.15) is 35.2 Å². The lowest BCUT2D eigenvalue weighted by atomic mass is 9.91. The second kappa shape index (κ2) is 5.62. The highest BCUT2D eigenvalue weighted by atomic mass is 79.9. The molecule has 1 aliphatic rings. The summed E-state index contributed by atoms with van der Waals surface area (Å²) in [6.45, 7) is 0. The molecular weight excluding hydrogens is 319 g/mol. The van der Waals surface area contributed by atoms with Gasteiger partial charge in [0.15, 0.2) is 0 Å². The van der Waals surface area contributed by atoms with E-state index in [0.29, 0.717) is 5.92 Å². The quantitative estimate of drug-likeness (QED) is 0.918. The van der Waals surface area contributed by atoms with Crippen LogP contribution in [0.15, 0.2) is 41.0 Å². The van der Waals surface area contributed by atoms with Crippen LogP contribution in [0.2, 0.25) is 0 Å². The second-order valence-corrected chi connectivity index (χ2v) is 5.98. The first-order chi connectivity index (χ1) is 9.70. The topological polar surface area (TPSA) is 24.9 Å². The van der Waals surface area contributed by atoms with Crippen molar-refractivity contribution in [3.05, 3.63) is 63.6 Å². The van der Waals surface area contributed by atoms with Crippen LogP contribution in [0.25, 0.3) is 0 Å². The predicted octanol–water partition coefficient (Wildman–Crippen LogP) is 3.97. The van der Waals surface area contributed by atoms with Gasteiger partial charge in [-0.1, -0.05) is 28.1 Å². The molecule has 104 valence electrons. The Morgan fingerprint density at radius 3 is 3.00 bits per heavy atom. The average Bonchev–Trinajstić information content (AvgIpc) is 2.86. The first-order valence-electron chi connectivity index (χ1n) is 6.76. The lowest BCUT2D eigenvalue weighted by Gasteiger charge is -2.25. The van der Waals surface area contributed by atoms with Crippen LogP contribution in [0.4, 0.5) is 4.39 Å². The molecule has 2 nitrogen and oxygen atoms in total. The summed E-state index contributed by atoms with van der Waals surface area (Å²) < 4.78 is 14.1. The lowest BCUT2D eigenvalue weighted by molar-refractivity contribution is 0.467. The standard InChI is InChI=1S/C16H16BrFN2/c1-19-16(12-7-5-11(18)9-14(12)17)13-6-4-10-3-2-8-20-15(10)13/h2-3,5,7-9,13,16,19H,4,6H2,1H3. The van der Waals surface area contributed by atoms with Gasteiger partial charge in [-0.3, -0.25) is 4.98 Å². The van der Waals surface area contributed by atoms with Gasteiger partial charge in [0.25, 0.3) is 0 Å². The second-order valence-electron chi connectivity index (χ2n) is 5.13. The van der Waals surface area contributed by atoms with Crippen LogP contribution in [-0.2, 0) is 6.42 Å². The van der Waals surface area contributed by atoms with Gasteiger partial charge in [0.05, 0.1) is 0 Å². The number of fused-ring (bicyclic) bond motifs is 1. The summed E-state index contributed by atoms with van der Waals surface area (Å²) in [4.78, 5) is 4.55. The van der Waals surface area contributed by atoms with Crippen molar-refractivity contribution >= 4 is 15.9 Å². The third-order valence-corrected chi connectivity index (χ3v) is 4.70. The van der Waals surface area contributed by atoms with Gasteiger partial charge in [0.2, 0.25) is 0 Å². The molecule has 20 heavy (non-hydrogen) atoms. The molecule has 2 atom stereocenters. The number of halogens is 2. The van der Waals surface area contributed by atoms with Crippen LogP contribution in [0, 0.1) is 5.82 Å². The molecule has 0 radical (unpaired) electrons. The number of pyridine rings is 1. The number of rotatable bonds is 3. The van der Waals surface area contributed by atoms with Crippen molar-refractivity contribution in [1.29, 1.82) is 0 Å². The largest absolute Gasteiger partial charge is 0.312 e. The highest BCUT2D eigenvalue weighted by Crippen LogP contribution is 2.42. The molecule has 0 aliphatic heterocycles. The number of likely N-dealkylation sites (N-methyl/N-ethyl adjacent to an activating group) is 1. The Morgan fingerprint density at radius 1 is 1.40 bits per heavy atom. The van der Waals surface area contributed by atoms with Gasteiger partial charge in [0, 0.05) is 28.3 Å². The van der Waals surface area contributed by atoms with Crippen LogP contribution < -0.4 is 5.32 Å². The number of hydrogen-bond donors (Lipinski definition) is 1. The molecule has 1 N–H and O–H groups in total. The molecule has 2 aromatic rings. The fraction of sp³-hybridized carbons (Fsp3) is 0.312. The fourth-order valence-electron chi connectivity index (χ4n) is 3.10. The van der Waals surface area contributed by atoms with Crippen LogP contribution in [0.3, 0.4) is 0 Å². The molecule has 0 saturated heterocycles. The van der Waals surface area contributed by atoms with Crippen molar-refractivity contribution in [2.75, 3.05) is 7.05 Å². The Labute approximate surface area is 126 Å². The number of nitrogens with one attached hydrogen (secondary N) is 1. The molecule has 1 aromatic heterocycles. The Morgan fingerprint density at radius 2 is 2.25 bits per heavy atom. The van der Waals surface area contributed by atoms with Crippen molar-refractivity contribution in [3.8, 4) is 0 Å². The molecule has 0 amide bonds. The van der Waals surface area contributed by atoms with Crippen LogP contribution in [0.5, 0.6) is 0 Å². The molecule has 0 spiro atoms. The monoisotopic (exact) mass is 334 g/mol. The summed E-state index contributed by atoms with van der Waals surface area (Å²) in [7, 11) is 1.95. The SMILES string of the molecule is CNC(c1ccc(F)cc1Br)C1CCc2cccnc21. The first kappa shape index (κ1) is 13.7. The van der Waals surface area contributed by atoms with E-state index in [-0.39, 0.29) is 11.9 Å². The minimum Gasteiger partial charge on any atom is -0.312 e. The Hall–Kier alpha value is -1.26. The maximum absolute atomic E-state index is 13.3. The number of hydrogen-bond acceptors (Lipinski definition) is 2. The summed E-state index contributed by atoms with van der Waals surface area (Å²) in [5, 5.41) is 3.37. The maximum atomic E-state index is 13.3. The third-order valence-electron chi connectivity index (χ3n) is 4.01. The summed E-state index contributed by atoms with van der Waals surface area (Å²) in [6.07, 6.45) is 3.98. The first-order valence-corrected chi connectivity index (χ1v) is 7.56. The zero-order valence-electron chi connectivity index (χ0n) is 11.2. The van der Waals surface area contributed by atoms with Crippen molar-refractivity contribution in [1.82, 2.24) is 10.3 Å². The lowest BCUT2D eigenvalue weighted by Crippen LogP contribution is -2.23. The summed E-state index contributed by atoms with van der Waals surface area (Å²) in [6, 6.07) is 9.16. The van der Waals surface area contributed by atoms with Gasteiger partial charge < -0.3 is 5.32 Å². The highest BCUT2D eigenvalue weighted by molar-refractivity contribution is 9.10. The van der Waals surface area contributed by atoms with E-state index in [1.807, 2.05) is 25.4 Å². The van der Waals surface area contributed by atoms with E-state index in [2.05, 4.69) is 32.3 Å². The number of nitrogens with zero attached hydrogens (tertiary/aromatic N) is 1. The van der Waals surface area contributed by atoms with E-state index < -0.39 is 0 Å². The molecule has 1 aromatic carbocycles. The minimum absolute atomic E-state index is 0.140. The van der Waals surface area contributed by atoms with Crippen LogP contribution >= 0.6 is 15.9 Å². The van der Waals surface area contributed by atoms with E-state index in [1.54, 1.807) is 0 Å². The zero-order valence-corrected chi connectivity index (χ0v) is 12.8. The Kier molecular flexibility index (Phi) is 3.85. The van der Waals surface area contributed by atoms with Gasteiger partial charge in [-0.05, 0) is 49.2 Å². The van der Waals surface area contributed by atoms with Gasteiger partial charge in [-0.2, -0.15) is 0 Å². The van der Waals surface area contributed by atoms with Crippen molar-refractivity contribution in [2.45, 2.75) is 24.8 Å². The number of aryl methyl sites for hydroxylation is 1. The number of aromatic nitrogens is 1. The van der Waals surface area contributed by atoms with Gasteiger partial charge >= 0.3 is 0 Å². The summed E-state index contributed by atoms with van der Waals surface area (Å²) >= 11 is 3.48. The minimum atomic E-state index is -0.222. The molecular formula is C16H16BrFN2. The van der Waals surface area contributed by atoms with Gasteiger partial charge in [0.1, 0.15) is 5.82 Å². The van der Waals surface area contributed by atoms with E-state index in [0.717, 1.165) is 22.9 Å². The van der Waals surface area contributed by atoms with E-state index in [4.69, 9.17) is 0 Å². The molecule has 2 unspecified atom stereocenters. The molecule has 0 saturated carbocycles. The van der Waals surface area contributed by atoms with Crippen LogP contribution in [-0.4, -0.2) is 12.0 Å². The normalized spacial score (nSPS) is 18.9. The van der Waals surface area contributed by atoms with E-state index >= 15 is 0 Å². The van der Waals surface area contributed by atoms with E-state index in [9.17, 15) is 4.39 Å². The number of benzene rings is 1. The highest BCUT2D eigenvalue weighted by Gasteiger charge is 2.31. The maximum Gasteiger partial charge on any atom is 0.124 e. The van der Waals surface area contributed by atoms with Crippen molar-refractivity contribution < 1.29 is 4.39 Å². The van der Waals surface area contributed by atoms with E-state index in [1.165, 1.54) is 23.4 Å². The smallest absolute Gasteiger partial charge is 0.124 e. The Bertz CT molecular complexity index is 630. The molecule has 0 fully saturated rings. The fourth-order valence-corrected chi connectivity index (χ4v) is 3.69. The molecule has 3 rings (SSSR count). The molecule has 0 bridgehead atoms. The van der Waals surface area contributed by atoms with Crippen molar-refractivity contribution in [3.63, 3.8) is 0 Å². The molecule has 4 heteroatoms. The predicted molar refractivity (Wildman–Crippen MR) is 81.2 cm³/mol. The zero-order chi connectivity index (χ0) is 14.1. The van der Waals surface area contributed by atoms with Crippen molar-refractivity contribution in [2.24, 2.45) is 0 Å². The van der Waals surface area contributed by atoms with Gasteiger partial charge in [-0.15, -0.1) is 0 Å².